The monoisotopic (exact) mass is 178 g/mol. The summed E-state index contributed by atoms with van der Waals surface area (Å²) in [6, 6.07) is 0. The minimum Gasteiger partial charge on any atom is -0.328 e. The Balaban J connectivity index is 2.37. The number of hydrogen-bond donors (Lipinski definition) is 2. The lowest BCUT2D eigenvalue weighted by molar-refractivity contribution is 0.0365. The van der Waals surface area contributed by atoms with Crippen LogP contribution < -0.4 is 0 Å². The van der Waals surface area contributed by atoms with Crippen molar-refractivity contribution < 1.29 is 14.3 Å². The third kappa shape index (κ3) is 3.04. The summed E-state index contributed by atoms with van der Waals surface area (Å²) in [7, 11) is -2.17. The van der Waals surface area contributed by atoms with Gasteiger partial charge in [-0.3, -0.25) is 0 Å². The molecule has 0 radical (unpaired) electrons. The van der Waals surface area contributed by atoms with Crippen LogP contribution in [0, 0.1) is 0 Å². The fraction of sp³-hybridized carbons (Fsp3) is 1.00. The van der Waals surface area contributed by atoms with Crippen LogP contribution in [0.5, 0.6) is 0 Å². The summed E-state index contributed by atoms with van der Waals surface area (Å²) in [5.41, 5.74) is -0.270. The first-order valence-corrected chi connectivity index (χ1v) is 5.16. The van der Waals surface area contributed by atoms with E-state index in [4.69, 9.17) is 14.3 Å². The van der Waals surface area contributed by atoms with Crippen LogP contribution in [-0.4, -0.2) is 15.4 Å². The Morgan fingerprint density at radius 1 is 1.18 bits per heavy atom. The Kier molecular flexibility index (Phi) is 3.26. The molecule has 0 spiro atoms. The Hall–Kier alpha value is 0.310. The summed E-state index contributed by atoms with van der Waals surface area (Å²) in [5, 5.41) is 0. The van der Waals surface area contributed by atoms with E-state index in [0.717, 1.165) is 25.7 Å². The fourth-order valence-electron chi connectivity index (χ4n) is 1.59. The average molecular weight is 178 g/mol. The summed E-state index contributed by atoms with van der Waals surface area (Å²) >= 11 is 0. The van der Waals surface area contributed by atoms with Gasteiger partial charge in [-0.15, -0.1) is 0 Å². The van der Waals surface area contributed by atoms with Gasteiger partial charge in [0.15, 0.2) is 0 Å². The van der Waals surface area contributed by atoms with E-state index in [0.29, 0.717) is 0 Å². The van der Waals surface area contributed by atoms with E-state index in [-0.39, 0.29) is 5.60 Å². The molecular formula is C7H15O3P. The van der Waals surface area contributed by atoms with Gasteiger partial charge in [0.05, 0.1) is 5.60 Å². The van der Waals surface area contributed by atoms with E-state index in [9.17, 15) is 0 Å². The van der Waals surface area contributed by atoms with Gasteiger partial charge >= 0.3 is 8.60 Å². The molecule has 11 heavy (non-hydrogen) atoms. The zero-order chi connectivity index (χ0) is 8.32. The quantitative estimate of drug-likeness (QED) is 0.635. The standard InChI is InChI=1S/C7H15O3P/c1-7(10-11(8)9)5-3-2-4-6-7/h8-9H,2-6H2,1H3. The molecule has 1 aliphatic carbocycles. The maximum absolute atomic E-state index is 8.67. The third-order valence-corrected chi connectivity index (χ3v) is 2.82. The molecule has 1 rings (SSSR count). The van der Waals surface area contributed by atoms with E-state index < -0.39 is 8.60 Å². The van der Waals surface area contributed by atoms with Crippen molar-refractivity contribution >= 4 is 8.60 Å². The highest BCUT2D eigenvalue weighted by Crippen LogP contribution is 2.40. The number of hydrogen-bond acceptors (Lipinski definition) is 3. The van der Waals surface area contributed by atoms with Crippen molar-refractivity contribution in [1.82, 2.24) is 0 Å². The van der Waals surface area contributed by atoms with Crippen LogP contribution in [0.1, 0.15) is 39.0 Å². The molecule has 0 heterocycles. The zero-order valence-corrected chi connectivity index (χ0v) is 7.68. The molecule has 0 aliphatic heterocycles. The van der Waals surface area contributed by atoms with Crippen molar-refractivity contribution in [3.8, 4) is 0 Å². The maximum Gasteiger partial charge on any atom is 0.327 e. The van der Waals surface area contributed by atoms with Crippen LogP contribution in [0.3, 0.4) is 0 Å². The molecule has 4 heteroatoms. The zero-order valence-electron chi connectivity index (χ0n) is 6.79. The summed E-state index contributed by atoms with van der Waals surface area (Å²) in [6.07, 6.45) is 5.42. The molecule has 66 valence electrons. The molecule has 0 saturated heterocycles. The fourth-order valence-corrected chi connectivity index (χ4v) is 2.16. The molecule has 2 N–H and O–H groups in total. The van der Waals surface area contributed by atoms with Gasteiger partial charge in [-0.1, -0.05) is 19.3 Å². The molecule has 0 aromatic rings. The Bertz CT molecular complexity index is 121. The third-order valence-electron chi connectivity index (χ3n) is 2.21. The van der Waals surface area contributed by atoms with E-state index in [1.54, 1.807) is 0 Å². The topological polar surface area (TPSA) is 49.7 Å². The Morgan fingerprint density at radius 3 is 2.18 bits per heavy atom. The minimum absolute atomic E-state index is 0.270. The molecule has 0 bridgehead atoms. The first-order chi connectivity index (χ1) is 5.12. The first-order valence-electron chi connectivity index (χ1n) is 3.99. The highest BCUT2D eigenvalue weighted by molar-refractivity contribution is 7.39. The summed E-state index contributed by atoms with van der Waals surface area (Å²) in [6.45, 7) is 1.95. The van der Waals surface area contributed by atoms with Crippen molar-refractivity contribution in [2.75, 3.05) is 0 Å². The Morgan fingerprint density at radius 2 is 1.73 bits per heavy atom. The summed E-state index contributed by atoms with van der Waals surface area (Å²) in [4.78, 5) is 17.3. The number of rotatable bonds is 2. The Labute approximate surface area is 68.4 Å². The molecule has 1 fully saturated rings. The van der Waals surface area contributed by atoms with Crippen LogP contribution in [0.25, 0.3) is 0 Å². The minimum atomic E-state index is -2.17. The predicted molar refractivity (Wildman–Crippen MR) is 43.9 cm³/mol. The first kappa shape index (κ1) is 9.40. The van der Waals surface area contributed by atoms with Crippen molar-refractivity contribution in [3.63, 3.8) is 0 Å². The molecule has 3 nitrogen and oxygen atoms in total. The van der Waals surface area contributed by atoms with Gasteiger partial charge in [-0.05, 0) is 19.8 Å². The van der Waals surface area contributed by atoms with Crippen molar-refractivity contribution in [3.05, 3.63) is 0 Å². The molecule has 1 saturated carbocycles. The van der Waals surface area contributed by atoms with E-state index >= 15 is 0 Å². The SMILES string of the molecule is CC1(OP(O)O)CCCCC1. The highest BCUT2D eigenvalue weighted by Gasteiger charge is 2.30. The average Bonchev–Trinajstić information content (AvgIpc) is 1.85. The smallest absolute Gasteiger partial charge is 0.327 e. The molecule has 0 unspecified atom stereocenters. The van der Waals surface area contributed by atoms with Crippen LogP contribution in [0.2, 0.25) is 0 Å². The molecular weight excluding hydrogens is 163 g/mol. The summed E-state index contributed by atoms with van der Waals surface area (Å²) < 4.78 is 5.05. The normalized spacial score (nSPS) is 24.0. The summed E-state index contributed by atoms with van der Waals surface area (Å²) in [5.74, 6) is 0. The van der Waals surface area contributed by atoms with E-state index in [1.165, 1.54) is 6.42 Å². The van der Waals surface area contributed by atoms with Crippen molar-refractivity contribution in [2.45, 2.75) is 44.6 Å². The van der Waals surface area contributed by atoms with Gasteiger partial charge in [0.1, 0.15) is 0 Å². The second kappa shape index (κ2) is 3.81. The molecule has 1 aliphatic rings. The van der Waals surface area contributed by atoms with Crippen LogP contribution in [0.15, 0.2) is 0 Å². The molecule has 0 amide bonds. The van der Waals surface area contributed by atoms with E-state index in [2.05, 4.69) is 0 Å². The van der Waals surface area contributed by atoms with Crippen LogP contribution >= 0.6 is 8.60 Å². The van der Waals surface area contributed by atoms with E-state index in [1.807, 2.05) is 6.92 Å². The lowest BCUT2D eigenvalue weighted by Gasteiger charge is -2.33. The van der Waals surface area contributed by atoms with Gasteiger partial charge in [0, 0.05) is 0 Å². The largest absolute Gasteiger partial charge is 0.328 e. The lowest BCUT2D eigenvalue weighted by Crippen LogP contribution is -2.29. The second-order valence-electron chi connectivity index (χ2n) is 3.35. The highest BCUT2D eigenvalue weighted by atomic mass is 31.2. The maximum atomic E-state index is 8.67. The van der Waals surface area contributed by atoms with Gasteiger partial charge in [-0.2, -0.15) is 0 Å². The lowest BCUT2D eigenvalue weighted by atomic mass is 9.87. The van der Waals surface area contributed by atoms with Crippen LogP contribution in [-0.2, 0) is 4.52 Å². The predicted octanol–water partition coefficient (Wildman–Crippen LogP) is 1.94. The molecule has 0 aromatic heterocycles. The van der Waals surface area contributed by atoms with Gasteiger partial charge < -0.3 is 14.3 Å². The van der Waals surface area contributed by atoms with Crippen molar-refractivity contribution in [2.24, 2.45) is 0 Å². The molecule has 0 atom stereocenters. The molecule has 0 aromatic carbocycles. The van der Waals surface area contributed by atoms with Gasteiger partial charge in [0.25, 0.3) is 0 Å². The van der Waals surface area contributed by atoms with Crippen LogP contribution in [0.4, 0.5) is 0 Å². The van der Waals surface area contributed by atoms with Gasteiger partial charge in [-0.25, -0.2) is 0 Å². The second-order valence-corrected chi connectivity index (χ2v) is 4.04. The van der Waals surface area contributed by atoms with Crippen molar-refractivity contribution in [1.29, 1.82) is 0 Å². The van der Waals surface area contributed by atoms with Gasteiger partial charge in [0.2, 0.25) is 0 Å².